The molecule has 0 aromatic rings. The van der Waals surface area contributed by atoms with Gasteiger partial charge in [0.05, 0.1) is 12.1 Å². The zero-order chi connectivity index (χ0) is 15.1. The number of nitrogens with zero attached hydrogens (tertiary/aromatic N) is 3. The van der Waals surface area contributed by atoms with E-state index in [1.807, 2.05) is 6.26 Å². The Morgan fingerprint density at radius 1 is 1.32 bits per heavy atom. The standard InChI is InChI=1S/C8H18N3O4PS3/c1-7(18-6)9-15-8(12)10(2)19-11(3)16(17,13-4)14-5/h1-6H3. The van der Waals surface area contributed by atoms with Gasteiger partial charge >= 0.3 is 6.09 Å². The lowest BCUT2D eigenvalue weighted by Crippen LogP contribution is -2.24. The quantitative estimate of drug-likeness (QED) is 0.181. The lowest BCUT2D eigenvalue weighted by Gasteiger charge is -2.28. The summed E-state index contributed by atoms with van der Waals surface area (Å²) >= 11 is 7.64. The summed E-state index contributed by atoms with van der Waals surface area (Å²) in [6.07, 6.45) is 1.23. The Bertz CT molecular complexity index is 374. The molecular weight excluding hydrogens is 329 g/mol. The summed E-state index contributed by atoms with van der Waals surface area (Å²) in [6, 6.07) is 0. The molecule has 0 bridgehead atoms. The van der Waals surface area contributed by atoms with Crippen LogP contribution in [0.5, 0.6) is 0 Å². The SMILES string of the molecule is COP(=S)(OC)N(C)SN(C)C(=O)ON=C(C)SC. The van der Waals surface area contributed by atoms with Gasteiger partial charge in [0.2, 0.25) is 0 Å². The first-order chi connectivity index (χ1) is 8.80. The molecule has 0 N–H and O–H groups in total. The fraction of sp³-hybridized carbons (Fsp3) is 0.750. The van der Waals surface area contributed by atoms with Crippen LogP contribution in [0.4, 0.5) is 4.79 Å². The molecule has 0 spiro atoms. The van der Waals surface area contributed by atoms with Crippen molar-refractivity contribution in [3.05, 3.63) is 0 Å². The number of carbonyl (C=O) groups is 1. The van der Waals surface area contributed by atoms with Gasteiger partial charge in [-0.15, -0.1) is 11.8 Å². The zero-order valence-electron chi connectivity index (χ0n) is 11.6. The number of hydrogen-bond donors (Lipinski definition) is 0. The smallest absolute Gasteiger partial charge is 0.321 e. The molecule has 0 aliphatic rings. The normalized spacial score (nSPS) is 12.7. The summed E-state index contributed by atoms with van der Waals surface area (Å²) in [7, 11) is 6.15. The third kappa shape index (κ3) is 6.44. The van der Waals surface area contributed by atoms with Crippen LogP contribution in [-0.4, -0.2) is 54.1 Å². The molecule has 0 aliphatic heterocycles. The Morgan fingerprint density at radius 3 is 2.26 bits per heavy atom. The van der Waals surface area contributed by atoms with Crippen molar-refractivity contribution in [2.24, 2.45) is 5.16 Å². The number of thioether (sulfide) groups is 1. The predicted molar refractivity (Wildman–Crippen MR) is 84.5 cm³/mol. The highest BCUT2D eigenvalue weighted by Crippen LogP contribution is 2.53. The lowest BCUT2D eigenvalue weighted by atomic mass is 10.9. The van der Waals surface area contributed by atoms with Crippen molar-refractivity contribution in [3.63, 3.8) is 0 Å². The topological polar surface area (TPSA) is 63.6 Å². The molecule has 19 heavy (non-hydrogen) atoms. The maximum Gasteiger partial charge on any atom is 0.446 e. The fourth-order valence-corrected chi connectivity index (χ4v) is 3.29. The van der Waals surface area contributed by atoms with E-state index >= 15 is 0 Å². The molecule has 0 unspecified atom stereocenters. The first-order valence-electron chi connectivity index (χ1n) is 4.97. The van der Waals surface area contributed by atoms with Crippen molar-refractivity contribution in [1.29, 1.82) is 0 Å². The molecule has 112 valence electrons. The van der Waals surface area contributed by atoms with Crippen molar-refractivity contribution < 1.29 is 18.7 Å². The average Bonchev–Trinajstić information content (AvgIpc) is 2.42. The van der Waals surface area contributed by atoms with Crippen LogP contribution in [0.3, 0.4) is 0 Å². The van der Waals surface area contributed by atoms with Crippen molar-refractivity contribution in [3.8, 4) is 0 Å². The number of hydrogen-bond acceptors (Lipinski definition) is 8. The van der Waals surface area contributed by atoms with E-state index in [0.29, 0.717) is 5.04 Å². The molecule has 0 saturated carbocycles. The van der Waals surface area contributed by atoms with Crippen LogP contribution >= 0.6 is 30.5 Å². The highest BCUT2D eigenvalue weighted by Gasteiger charge is 2.26. The number of rotatable bonds is 6. The molecule has 7 nitrogen and oxygen atoms in total. The van der Waals surface area contributed by atoms with Crippen LogP contribution in [0.25, 0.3) is 0 Å². The molecule has 0 aromatic carbocycles. The average molecular weight is 347 g/mol. The summed E-state index contributed by atoms with van der Waals surface area (Å²) in [5.41, 5.74) is 0. The predicted octanol–water partition coefficient (Wildman–Crippen LogP) is 2.76. The second kappa shape index (κ2) is 9.17. The van der Waals surface area contributed by atoms with E-state index in [0.717, 1.165) is 12.1 Å². The van der Waals surface area contributed by atoms with E-state index in [2.05, 4.69) is 5.16 Å². The first-order valence-corrected chi connectivity index (χ1v) is 9.52. The van der Waals surface area contributed by atoms with E-state index < -0.39 is 12.7 Å². The highest BCUT2D eigenvalue weighted by molar-refractivity contribution is 8.15. The molecule has 1 amide bonds. The van der Waals surface area contributed by atoms with Gasteiger partial charge in [-0.25, -0.2) is 9.10 Å². The Balaban J connectivity index is 4.49. The molecule has 0 saturated heterocycles. The number of carbonyl (C=O) groups excluding carboxylic acids is 1. The molecule has 0 aliphatic carbocycles. The van der Waals surface area contributed by atoms with Crippen molar-refractivity contribution in [2.45, 2.75) is 6.92 Å². The van der Waals surface area contributed by atoms with Gasteiger partial charge in [0.25, 0.3) is 6.64 Å². The first kappa shape index (κ1) is 19.2. The second-order valence-corrected chi connectivity index (χ2v) is 9.23. The van der Waals surface area contributed by atoms with E-state index in [9.17, 15) is 4.79 Å². The number of amides is 1. The van der Waals surface area contributed by atoms with Crippen molar-refractivity contribution >= 4 is 53.5 Å². The van der Waals surface area contributed by atoms with Crippen LogP contribution in [-0.2, 0) is 25.7 Å². The molecule has 0 heterocycles. The number of oxime groups is 1. The zero-order valence-corrected chi connectivity index (χ0v) is 15.0. The Morgan fingerprint density at radius 2 is 1.84 bits per heavy atom. The minimum absolute atomic E-state index is 0.612. The van der Waals surface area contributed by atoms with Gasteiger partial charge < -0.3 is 9.05 Å². The fourth-order valence-electron chi connectivity index (χ4n) is 0.758. The van der Waals surface area contributed by atoms with Crippen LogP contribution in [0.1, 0.15) is 6.92 Å². The third-order valence-electron chi connectivity index (χ3n) is 1.85. The second-order valence-electron chi connectivity index (χ2n) is 3.05. The maximum absolute atomic E-state index is 11.6. The molecule has 0 aromatic heterocycles. The monoisotopic (exact) mass is 347 g/mol. The van der Waals surface area contributed by atoms with Gasteiger partial charge in [0, 0.05) is 28.3 Å². The van der Waals surface area contributed by atoms with E-state index in [1.165, 1.54) is 30.3 Å². The van der Waals surface area contributed by atoms with E-state index in [1.54, 1.807) is 25.1 Å². The summed E-state index contributed by atoms with van der Waals surface area (Å²) in [6.45, 7) is -0.826. The molecule has 0 atom stereocenters. The Hall–Kier alpha value is 0.170. The van der Waals surface area contributed by atoms with Crippen LogP contribution in [0, 0.1) is 0 Å². The minimum Gasteiger partial charge on any atom is -0.321 e. The van der Waals surface area contributed by atoms with Gasteiger partial charge in [-0.2, -0.15) is 4.08 Å². The van der Waals surface area contributed by atoms with Crippen molar-refractivity contribution in [1.82, 2.24) is 8.38 Å². The van der Waals surface area contributed by atoms with E-state index in [4.69, 9.17) is 25.7 Å². The third-order valence-corrected chi connectivity index (χ3v) is 7.56. The minimum atomic E-state index is -2.57. The molecule has 0 fully saturated rings. The van der Waals surface area contributed by atoms with Crippen molar-refractivity contribution in [2.75, 3.05) is 34.6 Å². The largest absolute Gasteiger partial charge is 0.446 e. The van der Waals surface area contributed by atoms with Gasteiger partial charge in [0.15, 0.2) is 0 Å². The summed E-state index contributed by atoms with van der Waals surface area (Å²) in [4.78, 5) is 16.4. The Kier molecular flexibility index (Phi) is 9.25. The molecule has 11 heteroatoms. The molecular formula is C8H18N3O4PS3. The van der Waals surface area contributed by atoms with Crippen LogP contribution in [0.15, 0.2) is 5.16 Å². The summed E-state index contributed by atoms with van der Waals surface area (Å²) in [5, 5.41) is 4.30. The lowest BCUT2D eigenvalue weighted by molar-refractivity contribution is 0.137. The van der Waals surface area contributed by atoms with Gasteiger partial charge in [-0.05, 0) is 25.0 Å². The van der Waals surface area contributed by atoms with Gasteiger partial charge in [-0.1, -0.05) is 5.16 Å². The molecule has 0 rings (SSSR count). The summed E-state index contributed by atoms with van der Waals surface area (Å²) in [5.74, 6) is 0. The van der Waals surface area contributed by atoms with Crippen LogP contribution in [0.2, 0.25) is 0 Å². The van der Waals surface area contributed by atoms with Gasteiger partial charge in [0.1, 0.15) is 5.04 Å². The van der Waals surface area contributed by atoms with E-state index in [-0.39, 0.29) is 0 Å². The highest BCUT2D eigenvalue weighted by atomic mass is 32.5. The van der Waals surface area contributed by atoms with Crippen LogP contribution < -0.4 is 0 Å². The molecule has 0 radical (unpaired) electrons. The Labute approximate surface area is 127 Å². The van der Waals surface area contributed by atoms with Gasteiger partial charge in [-0.3, -0.25) is 4.84 Å². The summed E-state index contributed by atoms with van der Waals surface area (Å²) < 4.78 is 13.1. The maximum atomic E-state index is 11.6.